The largest absolute Gasteiger partial charge is 0.489 e. The summed E-state index contributed by atoms with van der Waals surface area (Å²) in [4.78, 5) is 12.6. The van der Waals surface area contributed by atoms with Crippen molar-refractivity contribution in [2.75, 3.05) is 0 Å². The summed E-state index contributed by atoms with van der Waals surface area (Å²) in [6.45, 7) is 0.359. The Kier molecular flexibility index (Phi) is 6.28. The Bertz CT molecular complexity index is 1050. The lowest BCUT2D eigenvalue weighted by atomic mass is 9.96. The third-order valence-corrected chi connectivity index (χ3v) is 6.98. The second-order valence-electron chi connectivity index (χ2n) is 7.37. The van der Waals surface area contributed by atoms with Gasteiger partial charge in [-0.3, -0.25) is 4.79 Å². The first kappa shape index (κ1) is 21.1. The van der Waals surface area contributed by atoms with Gasteiger partial charge in [-0.05, 0) is 66.4 Å². The summed E-state index contributed by atoms with van der Waals surface area (Å²) >= 11 is 13.9. The molecule has 0 atom stereocenters. The fraction of sp³-hybridized carbons (Fsp3) is 0.208. The highest BCUT2D eigenvalue weighted by molar-refractivity contribution is 7.98. The third-order valence-electron chi connectivity index (χ3n) is 5.30. The van der Waals surface area contributed by atoms with Gasteiger partial charge in [0.25, 0.3) is 0 Å². The van der Waals surface area contributed by atoms with Crippen molar-refractivity contribution in [1.82, 2.24) is 0 Å². The maximum atomic E-state index is 11.4. The predicted octanol–water partition coefficient (Wildman–Crippen LogP) is 6.98. The minimum Gasteiger partial charge on any atom is -0.489 e. The number of aliphatic carboxylic acids is 1. The molecule has 0 heterocycles. The molecule has 0 aliphatic heterocycles. The van der Waals surface area contributed by atoms with Gasteiger partial charge in [0.2, 0.25) is 0 Å². The molecule has 0 spiro atoms. The first-order valence-electron chi connectivity index (χ1n) is 9.59. The van der Waals surface area contributed by atoms with E-state index in [1.807, 2.05) is 54.6 Å². The zero-order chi connectivity index (χ0) is 21.1. The lowest BCUT2D eigenvalue weighted by molar-refractivity contribution is -0.140. The first-order valence-corrected chi connectivity index (χ1v) is 11.3. The number of carbonyl (C=O) groups is 1. The number of halogens is 2. The highest BCUT2D eigenvalue weighted by Gasteiger charge is 2.51. The van der Waals surface area contributed by atoms with Gasteiger partial charge in [-0.2, -0.15) is 0 Å². The minimum absolute atomic E-state index is 0.359. The summed E-state index contributed by atoms with van der Waals surface area (Å²) < 4.78 is 5.82. The van der Waals surface area contributed by atoms with Gasteiger partial charge in [-0.1, -0.05) is 47.5 Å². The summed E-state index contributed by atoms with van der Waals surface area (Å²) in [5.41, 5.74) is 2.29. The van der Waals surface area contributed by atoms with Crippen molar-refractivity contribution in [3.05, 3.63) is 93.5 Å². The Morgan fingerprint density at radius 2 is 1.70 bits per heavy atom. The van der Waals surface area contributed by atoms with E-state index in [2.05, 4.69) is 0 Å². The number of hydrogen-bond donors (Lipinski definition) is 1. The summed E-state index contributed by atoms with van der Waals surface area (Å²) in [6, 6.07) is 21.2. The second kappa shape index (κ2) is 8.93. The van der Waals surface area contributed by atoms with E-state index >= 15 is 0 Å². The molecule has 1 fully saturated rings. The van der Waals surface area contributed by atoms with Crippen LogP contribution in [0.5, 0.6) is 5.75 Å². The van der Waals surface area contributed by atoms with Crippen molar-refractivity contribution >= 4 is 40.9 Å². The molecule has 6 heteroatoms. The van der Waals surface area contributed by atoms with Crippen LogP contribution < -0.4 is 4.74 Å². The van der Waals surface area contributed by atoms with Crippen LogP contribution in [-0.2, 0) is 22.6 Å². The normalized spacial score (nSPS) is 14.3. The average molecular weight is 459 g/mol. The summed E-state index contributed by atoms with van der Waals surface area (Å²) in [6.07, 6.45) is 1.46. The van der Waals surface area contributed by atoms with Crippen LogP contribution >= 0.6 is 35.0 Å². The Morgan fingerprint density at radius 3 is 2.33 bits per heavy atom. The van der Waals surface area contributed by atoms with E-state index in [0.29, 0.717) is 16.7 Å². The van der Waals surface area contributed by atoms with Gasteiger partial charge in [0, 0.05) is 26.3 Å². The molecule has 3 nitrogen and oxygen atoms in total. The number of carboxylic acids is 1. The molecule has 3 aromatic rings. The predicted molar refractivity (Wildman–Crippen MR) is 122 cm³/mol. The number of ether oxygens (including phenoxy) is 1. The number of thioether (sulfide) groups is 1. The summed E-state index contributed by atoms with van der Waals surface area (Å²) in [5.74, 6) is 0.875. The van der Waals surface area contributed by atoms with Gasteiger partial charge in [-0.25, -0.2) is 0 Å². The zero-order valence-corrected chi connectivity index (χ0v) is 18.4. The molecule has 0 saturated heterocycles. The topological polar surface area (TPSA) is 46.5 Å². The standard InChI is InChI=1S/C24H20Cl2O3S/c25-19-5-10-22(26)17(13-19)14-29-20-6-1-16(2-7-20)15-30-21-8-3-18(4-9-21)24(11-12-24)23(27)28/h1-10,13H,11-12,14-15H2,(H,27,28). The van der Waals surface area contributed by atoms with Crippen molar-refractivity contribution < 1.29 is 14.6 Å². The molecule has 0 bridgehead atoms. The number of carboxylic acid groups (broad SMARTS) is 1. The fourth-order valence-electron chi connectivity index (χ4n) is 3.28. The molecule has 154 valence electrons. The van der Waals surface area contributed by atoms with Gasteiger partial charge in [0.05, 0.1) is 5.41 Å². The molecule has 0 radical (unpaired) electrons. The van der Waals surface area contributed by atoms with Gasteiger partial charge in [-0.15, -0.1) is 11.8 Å². The van der Waals surface area contributed by atoms with Crippen molar-refractivity contribution in [2.45, 2.75) is 35.5 Å². The van der Waals surface area contributed by atoms with Crippen LogP contribution in [0, 0.1) is 0 Å². The molecular weight excluding hydrogens is 439 g/mol. The molecular formula is C24H20Cl2O3S. The van der Waals surface area contributed by atoms with Crippen LogP contribution in [0.25, 0.3) is 0 Å². The first-order chi connectivity index (χ1) is 14.5. The number of rotatable bonds is 8. The van der Waals surface area contributed by atoms with E-state index in [1.165, 1.54) is 5.56 Å². The van der Waals surface area contributed by atoms with Crippen LogP contribution in [0.1, 0.15) is 29.5 Å². The van der Waals surface area contributed by atoms with Crippen LogP contribution in [0.2, 0.25) is 10.0 Å². The lowest BCUT2D eigenvalue weighted by Gasteiger charge is -2.11. The van der Waals surface area contributed by atoms with Crippen LogP contribution in [0.4, 0.5) is 0 Å². The molecule has 1 saturated carbocycles. The Labute approximate surface area is 190 Å². The molecule has 3 aromatic carbocycles. The van der Waals surface area contributed by atoms with Gasteiger partial charge < -0.3 is 9.84 Å². The summed E-state index contributed by atoms with van der Waals surface area (Å²) in [7, 11) is 0. The highest BCUT2D eigenvalue weighted by atomic mass is 35.5. The molecule has 0 unspecified atom stereocenters. The second-order valence-corrected chi connectivity index (χ2v) is 9.26. The van der Waals surface area contributed by atoms with Crippen molar-refractivity contribution in [3.63, 3.8) is 0 Å². The molecule has 1 aliphatic rings. The van der Waals surface area contributed by atoms with E-state index in [-0.39, 0.29) is 0 Å². The monoisotopic (exact) mass is 458 g/mol. The number of hydrogen-bond acceptors (Lipinski definition) is 3. The van der Waals surface area contributed by atoms with E-state index < -0.39 is 11.4 Å². The van der Waals surface area contributed by atoms with E-state index in [9.17, 15) is 9.90 Å². The number of benzene rings is 3. The van der Waals surface area contributed by atoms with Crippen LogP contribution in [-0.4, -0.2) is 11.1 Å². The highest BCUT2D eigenvalue weighted by Crippen LogP contribution is 2.48. The molecule has 0 aromatic heterocycles. The maximum absolute atomic E-state index is 11.4. The van der Waals surface area contributed by atoms with Gasteiger partial charge in [0.1, 0.15) is 12.4 Å². The molecule has 1 aliphatic carbocycles. The molecule has 4 rings (SSSR count). The summed E-state index contributed by atoms with van der Waals surface area (Å²) in [5, 5.41) is 10.7. The van der Waals surface area contributed by atoms with Crippen molar-refractivity contribution in [3.8, 4) is 5.75 Å². The Balaban J connectivity index is 1.30. The average Bonchev–Trinajstić information content (AvgIpc) is 3.56. The molecule has 1 N–H and O–H groups in total. The zero-order valence-electron chi connectivity index (χ0n) is 16.1. The smallest absolute Gasteiger partial charge is 0.314 e. The molecule has 30 heavy (non-hydrogen) atoms. The maximum Gasteiger partial charge on any atom is 0.314 e. The third kappa shape index (κ3) is 4.77. The molecule has 0 amide bonds. The Hall–Kier alpha value is -2.14. The van der Waals surface area contributed by atoms with E-state index in [1.54, 1.807) is 23.9 Å². The van der Waals surface area contributed by atoms with Crippen molar-refractivity contribution in [1.29, 1.82) is 0 Å². The SMILES string of the molecule is O=C(O)C1(c2ccc(SCc3ccc(OCc4cc(Cl)ccc4Cl)cc3)cc2)CC1. The Morgan fingerprint density at radius 1 is 1.00 bits per heavy atom. The van der Waals surface area contributed by atoms with Crippen LogP contribution in [0.15, 0.2) is 71.6 Å². The van der Waals surface area contributed by atoms with Crippen molar-refractivity contribution in [2.24, 2.45) is 0 Å². The van der Waals surface area contributed by atoms with E-state index in [4.69, 9.17) is 27.9 Å². The van der Waals surface area contributed by atoms with E-state index in [0.717, 1.165) is 40.4 Å². The fourth-order valence-corrected chi connectivity index (χ4v) is 4.51. The van der Waals surface area contributed by atoms with Gasteiger partial charge >= 0.3 is 5.97 Å². The minimum atomic E-state index is -0.720. The quantitative estimate of drug-likeness (QED) is 0.369. The van der Waals surface area contributed by atoms with Crippen LogP contribution in [0.3, 0.4) is 0 Å². The van der Waals surface area contributed by atoms with Gasteiger partial charge in [0.15, 0.2) is 0 Å². The lowest BCUT2D eigenvalue weighted by Crippen LogP contribution is -2.19.